The van der Waals surface area contributed by atoms with Gasteiger partial charge in [0.25, 0.3) is 5.01 Å². The quantitative estimate of drug-likeness (QED) is 0.0628. The maximum atomic E-state index is 11.8. The molecule has 12 N–H and O–H groups in total. The highest BCUT2D eigenvalue weighted by Gasteiger charge is 2.51. The smallest absolute Gasteiger partial charge is 0.393 e. The minimum Gasteiger partial charge on any atom is -0.393 e. The van der Waals surface area contributed by atoms with Gasteiger partial charge >= 0.3 is 23.5 Å². The van der Waals surface area contributed by atoms with Gasteiger partial charge in [0.1, 0.15) is 30.0 Å². The topological polar surface area (TPSA) is 337 Å². The van der Waals surface area contributed by atoms with E-state index in [2.05, 4.69) is 23.3 Å². The second kappa shape index (κ2) is 14.2. The molecule has 1 unspecified atom stereocenters. The summed E-state index contributed by atoms with van der Waals surface area (Å²) >= 11 is 0.702. The number of hydrogen-bond acceptors (Lipinski definition) is 15. The summed E-state index contributed by atoms with van der Waals surface area (Å²) in [6.45, 7) is -0.202. The number of phosphoric ester groups is 2. The van der Waals surface area contributed by atoms with E-state index < -0.39 is 67.2 Å². The van der Waals surface area contributed by atoms with Crippen LogP contribution in [-0.2, 0) is 45.6 Å². The summed E-state index contributed by atoms with van der Waals surface area (Å²) in [5.74, 6) is 0.370. The molecule has 0 amide bonds. The first-order valence-electron chi connectivity index (χ1n) is 11.5. The molecule has 0 aliphatic heterocycles. The molecule has 2 rings (SSSR count). The van der Waals surface area contributed by atoms with E-state index >= 15 is 0 Å². The Labute approximate surface area is 241 Å². The van der Waals surface area contributed by atoms with E-state index in [1.54, 1.807) is 6.92 Å². The van der Waals surface area contributed by atoms with Crippen LogP contribution in [0.15, 0.2) is 6.20 Å². The highest BCUT2D eigenvalue weighted by atomic mass is 32.1. The number of aryl methyl sites for hydroxylation is 1. The summed E-state index contributed by atoms with van der Waals surface area (Å²) in [4.78, 5) is 53.0. The lowest BCUT2D eigenvalue weighted by molar-refractivity contribution is -0.704. The zero-order valence-corrected chi connectivity index (χ0v) is 25.4. The molecule has 0 aromatic carbocycles. The molecule has 24 heteroatoms. The number of phosphoric acid groups is 3. The first-order chi connectivity index (χ1) is 19.1. The minimum atomic E-state index is -5.38. The molecule has 2 aromatic heterocycles. The molecular formula is C18H32N4O16P3S+. The van der Waals surface area contributed by atoms with Crippen molar-refractivity contribution in [1.29, 1.82) is 0 Å². The number of thiazole rings is 1. The van der Waals surface area contributed by atoms with Crippen LogP contribution in [0.3, 0.4) is 0 Å². The number of nitrogens with zero attached hydrogens (tertiary/aromatic N) is 3. The molecule has 0 aliphatic carbocycles. The molecule has 42 heavy (non-hydrogen) atoms. The number of aromatic nitrogens is 3. The van der Waals surface area contributed by atoms with Gasteiger partial charge in [-0.3, -0.25) is 9.05 Å². The van der Waals surface area contributed by atoms with Crippen LogP contribution in [0.2, 0.25) is 0 Å². The largest absolute Gasteiger partial charge is 0.481 e. The molecule has 20 nitrogen and oxygen atoms in total. The Morgan fingerprint density at radius 2 is 1.69 bits per heavy atom. The van der Waals surface area contributed by atoms with Crippen molar-refractivity contribution in [2.24, 2.45) is 0 Å². The highest BCUT2D eigenvalue weighted by Crippen LogP contribution is 2.57. The maximum Gasteiger partial charge on any atom is 0.481 e. The Hall–Kier alpha value is -1.32. The third-order valence-electron chi connectivity index (χ3n) is 5.65. The molecule has 0 fully saturated rings. The summed E-state index contributed by atoms with van der Waals surface area (Å²) in [5, 5.41) is 52.8. The molecule has 0 saturated carbocycles. The zero-order valence-electron chi connectivity index (χ0n) is 21.9. The SMILES string of the molecule is Cc1ncc(C[n+]2c([C@](O)(CO)[C@@H](O)[C@H](O)[C@H](O)COP(=O)(O)O)sc(CCOP(=O)(O)OP(=O)(O)O)c2C)c(N)n1. The lowest BCUT2D eigenvalue weighted by Gasteiger charge is -2.32. The van der Waals surface area contributed by atoms with Crippen LogP contribution in [0, 0.1) is 13.8 Å². The van der Waals surface area contributed by atoms with Crippen molar-refractivity contribution in [1.82, 2.24) is 9.97 Å². The molecule has 0 bridgehead atoms. The van der Waals surface area contributed by atoms with Crippen molar-refractivity contribution in [2.75, 3.05) is 25.6 Å². The van der Waals surface area contributed by atoms with E-state index in [1.807, 2.05) is 0 Å². The van der Waals surface area contributed by atoms with Crippen LogP contribution in [0.25, 0.3) is 0 Å². The van der Waals surface area contributed by atoms with E-state index in [4.69, 9.17) is 25.3 Å². The Kier molecular flexibility index (Phi) is 12.5. The number of nitrogen functional groups attached to an aromatic ring is 1. The van der Waals surface area contributed by atoms with Crippen LogP contribution in [0.1, 0.15) is 27.0 Å². The first-order valence-corrected chi connectivity index (χ1v) is 16.9. The standard InChI is InChI=1S/C18H31N4O16P3S/c1-9-13(3-4-36-41(34,35)38-40(31,32)33)42-17(22(9)6-11-5-20-10(2)21-16(11)19)18(27,8-23)15(26)14(25)12(24)7-37-39(28,29)30/h5,12,14-15,23-27H,3-4,6-8H2,1-2H3,(H6-,19,20,21,28,29,30,31,32,33,34,35)/p+1/t12-,14-,15+,18+/m1/s1. The fourth-order valence-corrected chi connectivity index (χ4v) is 6.85. The van der Waals surface area contributed by atoms with Crippen LogP contribution in [0.5, 0.6) is 0 Å². The normalized spacial score (nSPS) is 17.8. The molecular weight excluding hydrogens is 653 g/mol. The predicted molar refractivity (Wildman–Crippen MR) is 139 cm³/mol. The van der Waals surface area contributed by atoms with E-state index in [0.717, 1.165) is 0 Å². The Morgan fingerprint density at radius 1 is 1.07 bits per heavy atom. The first kappa shape index (κ1) is 36.9. The molecule has 0 radical (unpaired) electrons. The minimum absolute atomic E-state index is 0.0327. The van der Waals surface area contributed by atoms with Crippen molar-refractivity contribution in [2.45, 2.75) is 50.7 Å². The maximum absolute atomic E-state index is 11.8. The number of nitrogens with two attached hydrogens (primary N) is 1. The number of rotatable bonds is 16. The average molecular weight is 685 g/mol. The van der Waals surface area contributed by atoms with Crippen LogP contribution in [0.4, 0.5) is 5.82 Å². The van der Waals surface area contributed by atoms with Crippen molar-refractivity contribution in [3.8, 4) is 0 Å². The highest BCUT2D eigenvalue weighted by molar-refractivity contribution is 7.60. The Morgan fingerprint density at radius 3 is 2.21 bits per heavy atom. The van der Waals surface area contributed by atoms with Gasteiger partial charge < -0.3 is 55.7 Å². The van der Waals surface area contributed by atoms with Crippen molar-refractivity contribution >= 4 is 40.6 Å². The van der Waals surface area contributed by atoms with E-state index in [0.29, 0.717) is 28.4 Å². The van der Waals surface area contributed by atoms with Gasteiger partial charge in [-0.25, -0.2) is 23.7 Å². The van der Waals surface area contributed by atoms with E-state index in [9.17, 15) is 44.1 Å². The third-order valence-corrected chi connectivity index (χ3v) is 9.83. The monoisotopic (exact) mass is 685 g/mol. The number of aliphatic hydroxyl groups is 5. The average Bonchev–Trinajstić information content (AvgIpc) is 3.16. The number of anilines is 1. The number of hydrogen-bond donors (Lipinski definition) is 11. The molecule has 0 saturated heterocycles. The van der Waals surface area contributed by atoms with Gasteiger partial charge in [0.15, 0.2) is 12.2 Å². The van der Waals surface area contributed by atoms with Crippen LogP contribution >= 0.6 is 34.8 Å². The summed E-state index contributed by atoms with van der Waals surface area (Å²) in [5.41, 5.74) is 3.82. The van der Waals surface area contributed by atoms with Gasteiger partial charge in [-0.05, 0) is 6.92 Å². The molecule has 2 aromatic rings. The predicted octanol–water partition coefficient (Wildman–Crippen LogP) is -2.79. The lowest BCUT2D eigenvalue weighted by atomic mass is 9.91. The third kappa shape index (κ3) is 10.1. The summed E-state index contributed by atoms with van der Waals surface area (Å²) in [6.07, 6.45) is -5.75. The van der Waals surface area contributed by atoms with Gasteiger partial charge in [0, 0.05) is 19.5 Å². The van der Waals surface area contributed by atoms with Gasteiger partial charge in [-0.15, -0.1) is 0 Å². The Balaban J connectivity index is 2.50. The van der Waals surface area contributed by atoms with Gasteiger partial charge in [0.05, 0.1) is 30.3 Å². The fourth-order valence-electron chi connectivity index (χ4n) is 3.56. The summed E-state index contributed by atoms with van der Waals surface area (Å²) < 4.78 is 47.4. The second-order valence-corrected chi connectivity index (χ2v) is 14.0. The van der Waals surface area contributed by atoms with Gasteiger partial charge in [-0.2, -0.15) is 8.88 Å². The molecule has 240 valence electrons. The summed E-state index contributed by atoms with van der Waals surface area (Å²) in [6, 6.07) is 0. The van der Waals surface area contributed by atoms with Crippen LogP contribution < -0.4 is 10.3 Å². The van der Waals surface area contributed by atoms with E-state index in [-0.39, 0.29) is 28.7 Å². The van der Waals surface area contributed by atoms with Crippen molar-refractivity contribution < 1.29 is 81.6 Å². The summed E-state index contributed by atoms with van der Waals surface area (Å²) in [7, 11) is -15.6. The molecule has 5 atom stereocenters. The lowest BCUT2D eigenvalue weighted by Crippen LogP contribution is -2.58. The molecule has 2 heterocycles. The fraction of sp³-hybridized carbons (Fsp3) is 0.611. The molecule has 0 aliphatic rings. The van der Waals surface area contributed by atoms with Crippen molar-refractivity contribution in [3.63, 3.8) is 0 Å². The zero-order chi connectivity index (χ0) is 32.3. The van der Waals surface area contributed by atoms with Crippen LogP contribution in [-0.4, -0.2) is 98.1 Å². The number of aliphatic hydroxyl groups excluding tert-OH is 4. The van der Waals surface area contributed by atoms with E-state index in [1.165, 1.54) is 17.7 Å². The Bertz CT molecular complexity index is 1380. The van der Waals surface area contributed by atoms with Gasteiger partial charge in [-0.1, -0.05) is 11.3 Å². The van der Waals surface area contributed by atoms with Gasteiger partial charge in [0.2, 0.25) is 5.60 Å². The molecule has 0 spiro atoms. The van der Waals surface area contributed by atoms with Crippen molar-refractivity contribution in [3.05, 3.63) is 33.2 Å². The second-order valence-electron chi connectivity index (χ2n) is 8.83.